The van der Waals surface area contributed by atoms with E-state index in [-0.39, 0.29) is 12.3 Å². The van der Waals surface area contributed by atoms with Gasteiger partial charge in [-0.1, -0.05) is 107 Å². The number of amides is 1. The van der Waals surface area contributed by atoms with Gasteiger partial charge in [0.25, 0.3) is 0 Å². The third-order valence-corrected chi connectivity index (χ3v) is 8.53. The number of ether oxygens (including phenoxy) is 1. The quantitative estimate of drug-likeness (QED) is 0.171. The van der Waals surface area contributed by atoms with Crippen LogP contribution in [0.3, 0.4) is 0 Å². The largest absolute Gasteiger partial charge is 0.494 e. The maximum absolute atomic E-state index is 12.7. The Hall–Kier alpha value is -2.11. The van der Waals surface area contributed by atoms with E-state index in [4.69, 9.17) is 16.3 Å². The van der Waals surface area contributed by atoms with Crippen LogP contribution >= 0.6 is 23.4 Å². The minimum absolute atomic E-state index is 0.0768. The highest BCUT2D eigenvalue weighted by Gasteiger charge is 2.13. The van der Waals surface area contributed by atoms with E-state index in [9.17, 15) is 4.79 Å². The second kappa shape index (κ2) is 18.3. The van der Waals surface area contributed by atoms with Gasteiger partial charge in [0.2, 0.25) is 5.91 Å². The molecule has 0 saturated heterocycles. The SMILES string of the molecule is CCCCCCCCCCCCCCOc1ccc(CC(=O)Nc2cccc(CN3CSC=C3C)c2)c(Cl)c1. The summed E-state index contributed by atoms with van der Waals surface area (Å²) in [4.78, 5) is 15.0. The van der Waals surface area contributed by atoms with Gasteiger partial charge in [0.05, 0.1) is 18.9 Å². The Kier molecular flexibility index (Phi) is 14.7. The van der Waals surface area contributed by atoms with Gasteiger partial charge < -0.3 is 15.0 Å². The predicted molar refractivity (Wildman–Crippen MR) is 169 cm³/mol. The van der Waals surface area contributed by atoms with E-state index >= 15 is 0 Å². The monoisotopic (exact) mass is 570 g/mol. The molecule has 0 radical (unpaired) electrons. The van der Waals surface area contributed by atoms with Gasteiger partial charge in [-0.05, 0) is 54.1 Å². The molecule has 214 valence electrons. The minimum atomic E-state index is -0.0768. The Morgan fingerprint density at radius 3 is 2.28 bits per heavy atom. The van der Waals surface area contributed by atoms with Crippen LogP contribution in [-0.4, -0.2) is 23.3 Å². The van der Waals surface area contributed by atoms with Gasteiger partial charge in [-0.25, -0.2) is 0 Å². The molecular formula is C33H47ClN2O2S. The smallest absolute Gasteiger partial charge is 0.228 e. The van der Waals surface area contributed by atoms with Gasteiger partial charge in [-0.15, -0.1) is 11.8 Å². The van der Waals surface area contributed by atoms with Crippen molar-refractivity contribution in [2.24, 2.45) is 0 Å². The molecule has 0 saturated carbocycles. The zero-order valence-electron chi connectivity index (χ0n) is 24.0. The van der Waals surface area contributed by atoms with Crippen LogP contribution in [0.15, 0.2) is 53.6 Å². The molecule has 1 N–H and O–H groups in total. The normalized spacial score (nSPS) is 13.0. The number of carbonyl (C=O) groups is 1. The number of benzene rings is 2. The van der Waals surface area contributed by atoms with E-state index in [1.54, 1.807) is 0 Å². The average molecular weight is 571 g/mol. The summed E-state index contributed by atoms with van der Waals surface area (Å²) in [6.45, 7) is 5.95. The molecule has 0 spiro atoms. The molecule has 6 heteroatoms. The van der Waals surface area contributed by atoms with E-state index in [0.29, 0.717) is 11.6 Å². The summed E-state index contributed by atoms with van der Waals surface area (Å²) in [5.74, 6) is 1.66. The first-order valence-corrected chi connectivity index (χ1v) is 16.3. The Bertz CT molecular complexity index is 1040. The van der Waals surface area contributed by atoms with Gasteiger partial charge in [0, 0.05) is 23.0 Å². The van der Waals surface area contributed by atoms with Crippen LogP contribution in [0.25, 0.3) is 0 Å². The summed E-state index contributed by atoms with van der Waals surface area (Å²) in [6.07, 6.45) is 16.2. The number of nitrogens with one attached hydrogen (secondary N) is 1. The van der Waals surface area contributed by atoms with E-state index in [0.717, 1.165) is 35.8 Å². The molecule has 1 amide bonds. The number of anilines is 1. The number of halogens is 1. The van der Waals surface area contributed by atoms with E-state index in [1.807, 2.05) is 48.2 Å². The number of carbonyl (C=O) groups excluding carboxylic acids is 1. The van der Waals surface area contributed by atoms with Crippen LogP contribution in [-0.2, 0) is 17.8 Å². The molecule has 0 aromatic heterocycles. The van der Waals surface area contributed by atoms with Crippen molar-refractivity contribution < 1.29 is 9.53 Å². The molecule has 3 rings (SSSR count). The lowest BCUT2D eigenvalue weighted by molar-refractivity contribution is -0.115. The van der Waals surface area contributed by atoms with Gasteiger partial charge in [0.1, 0.15) is 5.75 Å². The van der Waals surface area contributed by atoms with Crippen molar-refractivity contribution in [3.63, 3.8) is 0 Å². The van der Waals surface area contributed by atoms with Crippen LogP contribution in [0.1, 0.15) is 102 Å². The van der Waals surface area contributed by atoms with Crippen LogP contribution < -0.4 is 10.1 Å². The second-order valence-electron chi connectivity index (χ2n) is 10.7. The standard InChI is InChI=1S/C33H47ClN2O2S/c1-3-4-5-6-7-8-9-10-11-12-13-14-20-38-31-19-18-29(32(34)23-31)22-33(37)35-30-17-15-16-28(21-30)24-36-26-39-25-27(36)2/h15-19,21,23,25H,3-14,20,22,24,26H2,1-2H3,(H,35,37). The zero-order chi connectivity index (χ0) is 27.7. The summed E-state index contributed by atoms with van der Waals surface area (Å²) in [6, 6.07) is 13.7. The van der Waals surface area contributed by atoms with Crippen molar-refractivity contribution in [3.8, 4) is 5.75 Å². The number of unbranched alkanes of at least 4 members (excludes halogenated alkanes) is 11. The number of rotatable bonds is 19. The third kappa shape index (κ3) is 12.3. The number of hydrogen-bond donors (Lipinski definition) is 1. The fraction of sp³-hybridized carbons (Fsp3) is 0.545. The lowest BCUT2D eigenvalue weighted by Crippen LogP contribution is -2.17. The lowest BCUT2D eigenvalue weighted by Gasteiger charge is -2.19. The highest BCUT2D eigenvalue weighted by atomic mass is 35.5. The molecule has 0 unspecified atom stereocenters. The second-order valence-corrected chi connectivity index (χ2v) is 11.9. The van der Waals surface area contributed by atoms with E-state index in [2.05, 4.69) is 35.5 Å². The van der Waals surface area contributed by atoms with Crippen LogP contribution in [0, 0.1) is 0 Å². The van der Waals surface area contributed by atoms with E-state index in [1.165, 1.54) is 81.9 Å². The van der Waals surface area contributed by atoms with Crippen molar-refractivity contribution in [3.05, 3.63) is 69.7 Å². The molecule has 4 nitrogen and oxygen atoms in total. The first-order valence-electron chi connectivity index (χ1n) is 14.9. The van der Waals surface area contributed by atoms with Crippen LogP contribution in [0.5, 0.6) is 5.75 Å². The molecule has 0 aliphatic carbocycles. The van der Waals surface area contributed by atoms with Crippen molar-refractivity contribution in [1.82, 2.24) is 4.90 Å². The van der Waals surface area contributed by atoms with Crippen LogP contribution in [0.4, 0.5) is 5.69 Å². The number of thioether (sulfide) groups is 1. The molecule has 0 atom stereocenters. The summed E-state index contributed by atoms with van der Waals surface area (Å²) in [7, 11) is 0. The maximum Gasteiger partial charge on any atom is 0.228 e. The predicted octanol–water partition coefficient (Wildman–Crippen LogP) is 9.97. The van der Waals surface area contributed by atoms with Gasteiger partial charge in [-0.2, -0.15) is 0 Å². The molecular weight excluding hydrogens is 524 g/mol. The third-order valence-electron chi connectivity index (χ3n) is 7.21. The van der Waals surface area contributed by atoms with Crippen molar-refractivity contribution in [2.45, 2.75) is 104 Å². The minimum Gasteiger partial charge on any atom is -0.494 e. The molecule has 1 heterocycles. The molecule has 39 heavy (non-hydrogen) atoms. The maximum atomic E-state index is 12.7. The molecule has 0 fully saturated rings. The summed E-state index contributed by atoms with van der Waals surface area (Å²) in [5.41, 5.74) is 4.07. The number of hydrogen-bond acceptors (Lipinski definition) is 4. The fourth-order valence-corrected chi connectivity index (χ4v) is 6.01. The number of nitrogens with zero attached hydrogens (tertiary/aromatic N) is 1. The molecule has 2 aromatic carbocycles. The van der Waals surface area contributed by atoms with Gasteiger partial charge >= 0.3 is 0 Å². The van der Waals surface area contributed by atoms with Crippen LogP contribution in [0.2, 0.25) is 5.02 Å². The van der Waals surface area contributed by atoms with E-state index < -0.39 is 0 Å². The molecule has 1 aliphatic heterocycles. The molecule has 2 aromatic rings. The number of allylic oxidation sites excluding steroid dienone is 1. The highest BCUT2D eigenvalue weighted by Crippen LogP contribution is 2.26. The first kappa shape index (κ1) is 31.4. The Morgan fingerprint density at radius 2 is 1.64 bits per heavy atom. The summed E-state index contributed by atoms with van der Waals surface area (Å²) >= 11 is 8.31. The highest BCUT2D eigenvalue weighted by molar-refractivity contribution is 8.02. The Morgan fingerprint density at radius 1 is 0.949 bits per heavy atom. The zero-order valence-corrected chi connectivity index (χ0v) is 25.6. The fourth-order valence-electron chi connectivity index (χ4n) is 4.83. The molecule has 1 aliphatic rings. The van der Waals surface area contributed by atoms with Crippen molar-refractivity contribution >= 4 is 35.0 Å². The Balaban J connectivity index is 1.29. The average Bonchev–Trinajstić information content (AvgIpc) is 3.32. The molecule has 0 bridgehead atoms. The van der Waals surface area contributed by atoms with Gasteiger partial charge in [-0.3, -0.25) is 4.79 Å². The summed E-state index contributed by atoms with van der Waals surface area (Å²) < 4.78 is 5.92. The Labute approximate surface area is 245 Å². The first-order chi connectivity index (χ1) is 19.0. The topological polar surface area (TPSA) is 41.6 Å². The van der Waals surface area contributed by atoms with Crippen molar-refractivity contribution in [1.29, 1.82) is 0 Å². The lowest BCUT2D eigenvalue weighted by atomic mass is 10.1. The van der Waals surface area contributed by atoms with Crippen molar-refractivity contribution in [2.75, 3.05) is 17.8 Å². The summed E-state index contributed by atoms with van der Waals surface area (Å²) in [5, 5.41) is 5.78. The van der Waals surface area contributed by atoms with Gasteiger partial charge in [0.15, 0.2) is 0 Å².